The Labute approximate surface area is 154 Å². The van der Waals surface area contributed by atoms with Gasteiger partial charge in [0.1, 0.15) is 6.61 Å². The fourth-order valence-electron chi connectivity index (χ4n) is 2.87. The maximum absolute atomic E-state index is 12.8. The number of carbonyl (C=O) groups excluding carboxylic acids is 1. The summed E-state index contributed by atoms with van der Waals surface area (Å²) in [6.45, 7) is 6.12. The van der Waals surface area contributed by atoms with Gasteiger partial charge in [-0.05, 0) is 38.2 Å². The molecule has 1 aliphatic rings. The number of carbonyl (C=O) groups is 1. The van der Waals surface area contributed by atoms with Crippen LogP contribution in [0.1, 0.15) is 22.8 Å². The number of amides is 1. The Hall–Kier alpha value is -2.60. The van der Waals surface area contributed by atoms with Crippen LogP contribution in [0.15, 0.2) is 42.7 Å². The molecule has 2 heterocycles. The number of aromatic nitrogens is 1. The van der Waals surface area contributed by atoms with Crippen LogP contribution in [0.4, 0.5) is 0 Å². The summed E-state index contributed by atoms with van der Waals surface area (Å²) in [5.41, 5.74) is 1.61. The van der Waals surface area contributed by atoms with E-state index < -0.39 is 0 Å². The highest BCUT2D eigenvalue weighted by Gasteiger charge is 2.21. The molecule has 2 aromatic rings. The van der Waals surface area contributed by atoms with Crippen LogP contribution in [0.25, 0.3) is 0 Å². The summed E-state index contributed by atoms with van der Waals surface area (Å²) in [6.07, 6.45) is 3.50. The largest absolute Gasteiger partial charge is 0.490 e. The fourth-order valence-corrected chi connectivity index (χ4v) is 2.87. The van der Waals surface area contributed by atoms with Crippen LogP contribution in [0.3, 0.4) is 0 Å². The lowest BCUT2D eigenvalue weighted by Gasteiger charge is -2.32. The molecule has 0 bridgehead atoms. The predicted molar refractivity (Wildman–Crippen MR) is 99.6 cm³/mol. The van der Waals surface area contributed by atoms with Crippen molar-refractivity contribution in [2.45, 2.75) is 13.5 Å². The summed E-state index contributed by atoms with van der Waals surface area (Å²) in [5, 5.41) is 0. The van der Waals surface area contributed by atoms with E-state index in [-0.39, 0.29) is 5.91 Å². The van der Waals surface area contributed by atoms with Crippen LogP contribution in [-0.2, 0) is 6.61 Å². The van der Waals surface area contributed by atoms with Crippen molar-refractivity contribution in [1.29, 1.82) is 0 Å². The molecule has 26 heavy (non-hydrogen) atoms. The number of rotatable bonds is 6. The first kappa shape index (κ1) is 18.2. The average Bonchev–Trinajstić information content (AvgIpc) is 2.68. The minimum Gasteiger partial charge on any atom is -0.490 e. The minimum absolute atomic E-state index is 0.0397. The number of hydrogen-bond acceptors (Lipinski definition) is 5. The summed E-state index contributed by atoms with van der Waals surface area (Å²) < 4.78 is 11.6. The summed E-state index contributed by atoms with van der Waals surface area (Å²) in [7, 11) is 2.07. The van der Waals surface area contributed by atoms with Gasteiger partial charge in [-0.15, -0.1) is 0 Å². The van der Waals surface area contributed by atoms with Gasteiger partial charge < -0.3 is 19.3 Å². The van der Waals surface area contributed by atoms with Crippen molar-refractivity contribution in [3.8, 4) is 11.5 Å². The van der Waals surface area contributed by atoms with Crippen LogP contribution in [-0.4, -0.2) is 60.5 Å². The van der Waals surface area contributed by atoms with E-state index in [0.29, 0.717) is 30.3 Å². The topological polar surface area (TPSA) is 54.9 Å². The highest BCUT2D eigenvalue weighted by atomic mass is 16.5. The Morgan fingerprint density at radius 3 is 2.62 bits per heavy atom. The van der Waals surface area contributed by atoms with E-state index >= 15 is 0 Å². The van der Waals surface area contributed by atoms with E-state index in [4.69, 9.17) is 9.47 Å². The Bertz CT molecular complexity index is 728. The van der Waals surface area contributed by atoms with Crippen molar-refractivity contribution in [2.24, 2.45) is 0 Å². The Balaban J connectivity index is 1.72. The predicted octanol–water partition coefficient (Wildman–Crippen LogP) is 2.45. The number of piperazine rings is 1. The molecule has 6 heteroatoms. The lowest BCUT2D eigenvalue weighted by atomic mass is 10.1. The zero-order valence-corrected chi connectivity index (χ0v) is 15.4. The van der Waals surface area contributed by atoms with Crippen molar-refractivity contribution in [2.75, 3.05) is 39.8 Å². The molecule has 1 aromatic carbocycles. The van der Waals surface area contributed by atoms with Crippen molar-refractivity contribution < 1.29 is 14.3 Å². The number of pyridine rings is 1. The van der Waals surface area contributed by atoms with E-state index in [1.165, 1.54) is 0 Å². The van der Waals surface area contributed by atoms with E-state index in [1.54, 1.807) is 18.5 Å². The maximum Gasteiger partial charge on any atom is 0.254 e. The first-order valence-electron chi connectivity index (χ1n) is 8.93. The first-order valence-corrected chi connectivity index (χ1v) is 8.93. The summed E-state index contributed by atoms with van der Waals surface area (Å²) in [6, 6.07) is 9.23. The van der Waals surface area contributed by atoms with Gasteiger partial charge in [0.15, 0.2) is 11.5 Å². The SMILES string of the molecule is CCOc1cc(C(=O)N2CCN(C)CC2)ccc1OCc1cccnc1. The van der Waals surface area contributed by atoms with Gasteiger partial charge in [0.2, 0.25) is 0 Å². The molecular formula is C20H25N3O3. The van der Waals surface area contributed by atoms with Gasteiger partial charge in [0.25, 0.3) is 5.91 Å². The monoisotopic (exact) mass is 355 g/mol. The molecule has 1 saturated heterocycles. The molecule has 1 fully saturated rings. The average molecular weight is 355 g/mol. The van der Waals surface area contributed by atoms with Crippen LogP contribution in [0, 0.1) is 0 Å². The second-order valence-corrected chi connectivity index (χ2v) is 6.34. The molecule has 0 spiro atoms. The normalized spacial score (nSPS) is 14.9. The standard InChI is InChI=1S/C20H25N3O3/c1-3-25-19-13-17(20(24)23-11-9-22(2)10-12-23)6-7-18(19)26-15-16-5-4-8-21-14-16/h4-8,13-14H,3,9-12,15H2,1-2H3. The van der Waals surface area contributed by atoms with Crippen molar-refractivity contribution in [1.82, 2.24) is 14.8 Å². The number of nitrogens with zero attached hydrogens (tertiary/aromatic N) is 3. The van der Waals surface area contributed by atoms with Gasteiger partial charge in [-0.2, -0.15) is 0 Å². The van der Waals surface area contributed by atoms with Crippen molar-refractivity contribution >= 4 is 5.91 Å². The molecule has 0 atom stereocenters. The lowest BCUT2D eigenvalue weighted by Crippen LogP contribution is -2.47. The molecule has 0 unspecified atom stereocenters. The van der Waals surface area contributed by atoms with Gasteiger partial charge in [-0.25, -0.2) is 0 Å². The number of ether oxygens (including phenoxy) is 2. The molecule has 138 valence electrons. The van der Waals surface area contributed by atoms with E-state index in [0.717, 1.165) is 31.7 Å². The van der Waals surface area contributed by atoms with Crippen LogP contribution < -0.4 is 9.47 Å². The highest BCUT2D eigenvalue weighted by molar-refractivity contribution is 5.95. The third kappa shape index (κ3) is 4.52. The van der Waals surface area contributed by atoms with Crippen LogP contribution >= 0.6 is 0 Å². The van der Waals surface area contributed by atoms with Gasteiger partial charge in [0.05, 0.1) is 6.61 Å². The van der Waals surface area contributed by atoms with Gasteiger partial charge in [-0.3, -0.25) is 9.78 Å². The Kier molecular flexibility index (Phi) is 6.07. The zero-order chi connectivity index (χ0) is 18.4. The second-order valence-electron chi connectivity index (χ2n) is 6.34. The third-order valence-electron chi connectivity index (χ3n) is 4.40. The number of likely N-dealkylation sites (N-methyl/N-ethyl adjacent to an activating group) is 1. The second kappa shape index (κ2) is 8.67. The molecule has 6 nitrogen and oxygen atoms in total. The summed E-state index contributed by atoms with van der Waals surface area (Å²) in [5.74, 6) is 1.26. The van der Waals surface area contributed by atoms with E-state index in [1.807, 2.05) is 36.1 Å². The summed E-state index contributed by atoms with van der Waals surface area (Å²) >= 11 is 0. The van der Waals surface area contributed by atoms with E-state index in [9.17, 15) is 4.79 Å². The highest BCUT2D eigenvalue weighted by Crippen LogP contribution is 2.30. The van der Waals surface area contributed by atoms with E-state index in [2.05, 4.69) is 16.9 Å². The molecule has 0 radical (unpaired) electrons. The third-order valence-corrected chi connectivity index (χ3v) is 4.40. The molecule has 1 amide bonds. The quantitative estimate of drug-likeness (QED) is 0.797. The first-order chi connectivity index (χ1) is 12.7. The lowest BCUT2D eigenvalue weighted by molar-refractivity contribution is 0.0663. The Morgan fingerprint density at radius 2 is 1.92 bits per heavy atom. The summed E-state index contributed by atoms with van der Waals surface area (Å²) in [4.78, 5) is 21.0. The molecule has 0 aliphatic carbocycles. The Morgan fingerprint density at radius 1 is 1.12 bits per heavy atom. The zero-order valence-electron chi connectivity index (χ0n) is 15.4. The molecule has 0 saturated carbocycles. The molecular weight excluding hydrogens is 330 g/mol. The fraction of sp³-hybridized carbons (Fsp3) is 0.400. The van der Waals surface area contributed by atoms with Crippen molar-refractivity contribution in [3.63, 3.8) is 0 Å². The van der Waals surface area contributed by atoms with Gasteiger partial charge in [-0.1, -0.05) is 6.07 Å². The number of benzene rings is 1. The van der Waals surface area contributed by atoms with Gasteiger partial charge >= 0.3 is 0 Å². The molecule has 1 aromatic heterocycles. The smallest absolute Gasteiger partial charge is 0.254 e. The molecule has 3 rings (SSSR count). The van der Waals surface area contributed by atoms with Crippen LogP contribution in [0.5, 0.6) is 11.5 Å². The minimum atomic E-state index is 0.0397. The maximum atomic E-state index is 12.8. The molecule has 0 N–H and O–H groups in total. The van der Waals surface area contributed by atoms with Crippen LogP contribution in [0.2, 0.25) is 0 Å². The number of hydrogen-bond donors (Lipinski definition) is 0. The van der Waals surface area contributed by atoms with Crippen molar-refractivity contribution in [3.05, 3.63) is 53.9 Å². The molecule has 1 aliphatic heterocycles. The van der Waals surface area contributed by atoms with Gasteiger partial charge in [0, 0.05) is 49.7 Å².